The minimum Gasteiger partial charge on any atom is -0.253 e. The van der Waals surface area contributed by atoms with Crippen molar-refractivity contribution in [3.63, 3.8) is 0 Å². The second-order valence-electron chi connectivity index (χ2n) is 3.86. The highest BCUT2D eigenvalue weighted by molar-refractivity contribution is 7.92. The van der Waals surface area contributed by atoms with Crippen LogP contribution in [0.5, 0.6) is 0 Å². The predicted octanol–water partition coefficient (Wildman–Crippen LogP) is 1.06. The fraction of sp³-hybridized carbons (Fsp3) is 0.364. The Morgan fingerprint density at radius 2 is 1.95 bits per heavy atom. The molecule has 0 saturated carbocycles. The van der Waals surface area contributed by atoms with E-state index < -0.39 is 10.0 Å². The Hall–Kier alpha value is -1.96. The molecule has 2 aromatic rings. The molecule has 0 aliphatic heterocycles. The molecule has 102 valence electrons. The van der Waals surface area contributed by atoms with Crippen molar-refractivity contribution in [1.82, 2.24) is 19.7 Å². The summed E-state index contributed by atoms with van der Waals surface area (Å²) in [6, 6.07) is 1.44. The van der Waals surface area contributed by atoms with E-state index in [2.05, 4.69) is 19.8 Å². The zero-order valence-electron chi connectivity index (χ0n) is 10.7. The molecule has 2 rings (SSSR count). The van der Waals surface area contributed by atoms with E-state index in [9.17, 15) is 8.42 Å². The van der Waals surface area contributed by atoms with E-state index in [1.54, 1.807) is 12.4 Å². The Bertz CT molecular complexity index is 648. The quantitative estimate of drug-likeness (QED) is 0.885. The van der Waals surface area contributed by atoms with Gasteiger partial charge in [0, 0.05) is 18.9 Å². The van der Waals surface area contributed by atoms with Crippen LogP contribution in [-0.2, 0) is 23.0 Å². The van der Waals surface area contributed by atoms with E-state index in [1.807, 2.05) is 13.8 Å². The standard InChI is InChI=1S/C11H15N5O2S/c1-3-9-7-12-11(13-8-9)15-19(17,18)10-5-6-14-16(10)4-2/h5-8H,3-4H2,1-2H3,(H,12,13,15). The summed E-state index contributed by atoms with van der Waals surface area (Å²) >= 11 is 0. The number of aromatic nitrogens is 4. The Labute approximate surface area is 111 Å². The highest BCUT2D eigenvalue weighted by Crippen LogP contribution is 2.12. The van der Waals surface area contributed by atoms with Crippen molar-refractivity contribution < 1.29 is 8.42 Å². The molecule has 0 saturated heterocycles. The van der Waals surface area contributed by atoms with Gasteiger partial charge in [0.25, 0.3) is 10.0 Å². The molecule has 0 atom stereocenters. The van der Waals surface area contributed by atoms with Crippen LogP contribution in [0.1, 0.15) is 19.4 Å². The van der Waals surface area contributed by atoms with Gasteiger partial charge in [-0.2, -0.15) is 13.5 Å². The summed E-state index contributed by atoms with van der Waals surface area (Å²) in [5.74, 6) is 0.0565. The van der Waals surface area contributed by atoms with Gasteiger partial charge in [0.15, 0.2) is 5.03 Å². The Morgan fingerprint density at radius 1 is 1.26 bits per heavy atom. The van der Waals surface area contributed by atoms with Crippen molar-refractivity contribution in [2.24, 2.45) is 0 Å². The van der Waals surface area contributed by atoms with Crippen LogP contribution in [0.3, 0.4) is 0 Å². The molecular formula is C11H15N5O2S. The third kappa shape index (κ3) is 2.90. The van der Waals surface area contributed by atoms with Crippen molar-refractivity contribution in [2.75, 3.05) is 4.72 Å². The smallest absolute Gasteiger partial charge is 0.253 e. The fourth-order valence-electron chi connectivity index (χ4n) is 1.55. The van der Waals surface area contributed by atoms with Crippen LogP contribution in [0, 0.1) is 0 Å². The number of aryl methyl sites for hydroxylation is 2. The summed E-state index contributed by atoms with van der Waals surface area (Å²) in [4.78, 5) is 7.94. The molecule has 0 unspecified atom stereocenters. The SMILES string of the molecule is CCc1cnc(NS(=O)(=O)c2ccnn2CC)nc1. The molecule has 19 heavy (non-hydrogen) atoms. The maximum atomic E-state index is 12.1. The van der Waals surface area contributed by atoms with Gasteiger partial charge >= 0.3 is 0 Å². The molecule has 8 heteroatoms. The molecule has 0 aromatic carbocycles. The zero-order valence-corrected chi connectivity index (χ0v) is 11.6. The number of sulfonamides is 1. The molecular weight excluding hydrogens is 266 g/mol. The van der Waals surface area contributed by atoms with Gasteiger partial charge < -0.3 is 0 Å². The van der Waals surface area contributed by atoms with Gasteiger partial charge in [0.2, 0.25) is 5.95 Å². The van der Waals surface area contributed by atoms with Crippen molar-refractivity contribution in [1.29, 1.82) is 0 Å². The van der Waals surface area contributed by atoms with Crippen LogP contribution in [0.4, 0.5) is 5.95 Å². The first-order chi connectivity index (χ1) is 9.06. The van der Waals surface area contributed by atoms with E-state index in [0.29, 0.717) is 6.54 Å². The van der Waals surface area contributed by atoms with Gasteiger partial charge in [0.1, 0.15) is 0 Å². The average molecular weight is 281 g/mol. The number of nitrogens with zero attached hydrogens (tertiary/aromatic N) is 4. The van der Waals surface area contributed by atoms with E-state index in [1.165, 1.54) is 16.9 Å². The number of rotatable bonds is 5. The molecule has 0 fully saturated rings. The number of hydrogen-bond acceptors (Lipinski definition) is 5. The van der Waals surface area contributed by atoms with E-state index in [4.69, 9.17) is 0 Å². The van der Waals surface area contributed by atoms with Gasteiger partial charge in [-0.05, 0) is 25.0 Å². The van der Waals surface area contributed by atoms with E-state index in [-0.39, 0.29) is 11.0 Å². The van der Waals surface area contributed by atoms with Gasteiger partial charge in [-0.25, -0.2) is 14.7 Å². The van der Waals surface area contributed by atoms with Gasteiger partial charge in [-0.1, -0.05) is 6.92 Å². The minimum absolute atomic E-state index is 0.0565. The van der Waals surface area contributed by atoms with E-state index in [0.717, 1.165) is 12.0 Å². The number of nitrogens with one attached hydrogen (secondary N) is 1. The third-order valence-electron chi connectivity index (χ3n) is 2.59. The lowest BCUT2D eigenvalue weighted by atomic mass is 10.3. The normalized spacial score (nSPS) is 11.5. The lowest BCUT2D eigenvalue weighted by molar-refractivity contribution is 0.558. The van der Waals surface area contributed by atoms with Gasteiger partial charge in [0.05, 0.1) is 6.20 Å². The minimum atomic E-state index is -3.71. The maximum absolute atomic E-state index is 12.1. The topological polar surface area (TPSA) is 89.8 Å². The van der Waals surface area contributed by atoms with Crippen LogP contribution in [0.15, 0.2) is 29.7 Å². The molecule has 0 aliphatic carbocycles. The molecule has 2 heterocycles. The van der Waals surface area contributed by atoms with Crippen LogP contribution in [0.2, 0.25) is 0 Å². The first-order valence-corrected chi connectivity index (χ1v) is 7.40. The molecule has 0 aliphatic rings. The lowest BCUT2D eigenvalue weighted by Crippen LogP contribution is -2.19. The summed E-state index contributed by atoms with van der Waals surface area (Å²) in [7, 11) is -3.71. The van der Waals surface area contributed by atoms with Crippen LogP contribution in [0.25, 0.3) is 0 Å². The summed E-state index contributed by atoms with van der Waals surface area (Å²) in [5.41, 5.74) is 0.946. The molecule has 0 spiro atoms. The predicted molar refractivity (Wildman–Crippen MR) is 70.1 cm³/mol. The highest BCUT2D eigenvalue weighted by atomic mass is 32.2. The fourth-order valence-corrected chi connectivity index (χ4v) is 2.69. The van der Waals surface area contributed by atoms with Crippen molar-refractivity contribution in [3.8, 4) is 0 Å². The first-order valence-electron chi connectivity index (χ1n) is 5.92. The van der Waals surface area contributed by atoms with Crippen molar-refractivity contribution in [3.05, 3.63) is 30.2 Å². The largest absolute Gasteiger partial charge is 0.281 e. The Kier molecular flexibility index (Phi) is 3.79. The second-order valence-corrected chi connectivity index (χ2v) is 5.49. The molecule has 1 N–H and O–H groups in total. The number of hydrogen-bond donors (Lipinski definition) is 1. The highest BCUT2D eigenvalue weighted by Gasteiger charge is 2.19. The van der Waals surface area contributed by atoms with Gasteiger partial charge in [-0.15, -0.1) is 0 Å². The Balaban J connectivity index is 2.26. The molecule has 7 nitrogen and oxygen atoms in total. The molecule has 0 radical (unpaired) electrons. The average Bonchev–Trinajstić information content (AvgIpc) is 2.88. The van der Waals surface area contributed by atoms with Crippen LogP contribution < -0.4 is 4.72 Å². The van der Waals surface area contributed by atoms with E-state index >= 15 is 0 Å². The first kappa shape index (κ1) is 13.5. The molecule has 2 aromatic heterocycles. The maximum Gasteiger partial charge on any atom is 0.281 e. The van der Waals surface area contributed by atoms with Crippen molar-refractivity contribution >= 4 is 16.0 Å². The molecule has 0 amide bonds. The van der Waals surface area contributed by atoms with Crippen molar-refractivity contribution in [2.45, 2.75) is 31.8 Å². The summed E-state index contributed by atoms with van der Waals surface area (Å²) in [6.07, 6.45) is 5.44. The van der Waals surface area contributed by atoms with Crippen LogP contribution >= 0.6 is 0 Å². The van der Waals surface area contributed by atoms with Gasteiger partial charge in [-0.3, -0.25) is 4.68 Å². The summed E-state index contributed by atoms with van der Waals surface area (Å²) in [5, 5.41) is 4.02. The number of anilines is 1. The second kappa shape index (κ2) is 5.35. The van der Waals surface area contributed by atoms with Crippen LogP contribution in [-0.4, -0.2) is 28.2 Å². The third-order valence-corrected chi connectivity index (χ3v) is 3.94. The molecule has 0 bridgehead atoms. The summed E-state index contributed by atoms with van der Waals surface area (Å²) in [6.45, 7) is 4.26. The summed E-state index contributed by atoms with van der Waals surface area (Å²) < 4.78 is 28.0. The zero-order chi connectivity index (χ0) is 13.9. The lowest BCUT2D eigenvalue weighted by Gasteiger charge is -2.07. The Morgan fingerprint density at radius 3 is 2.53 bits per heavy atom. The monoisotopic (exact) mass is 281 g/mol.